The van der Waals surface area contributed by atoms with Gasteiger partial charge >= 0.3 is 0 Å². The lowest BCUT2D eigenvalue weighted by Crippen LogP contribution is -2.48. The van der Waals surface area contributed by atoms with Crippen molar-refractivity contribution in [1.82, 2.24) is 5.32 Å². The second-order valence-electron chi connectivity index (χ2n) is 6.91. The highest BCUT2D eigenvalue weighted by Gasteiger charge is 2.30. The molecule has 0 aromatic heterocycles. The number of nitrogens with zero attached hydrogens (tertiary/aromatic N) is 1. The minimum Gasteiger partial charge on any atom is -0.348 e. The molecule has 0 fully saturated rings. The smallest absolute Gasteiger partial charge is 0.244 e. The van der Waals surface area contributed by atoms with Gasteiger partial charge in [-0.05, 0) is 56.5 Å². The largest absolute Gasteiger partial charge is 0.348 e. The Kier molecular flexibility index (Phi) is 6.44. The first-order valence-electron chi connectivity index (χ1n) is 8.73. The minimum atomic E-state index is -3.92. The number of sulfonamides is 1. The van der Waals surface area contributed by atoms with Crippen LogP contribution in [0.2, 0.25) is 0 Å². The summed E-state index contributed by atoms with van der Waals surface area (Å²) >= 11 is 0. The molecule has 0 spiro atoms. The Hall–Kier alpha value is -2.48. The summed E-state index contributed by atoms with van der Waals surface area (Å²) in [4.78, 5) is 12.7. The third kappa shape index (κ3) is 4.86. The molecule has 152 valence electrons. The van der Waals surface area contributed by atoms with Crippen LogP contribution in [0.3, 0.4) is 0 Å². The molecule has 2 rings (SSSR count). The van der Waals surface area contributed by atoms with Crippen LogP contribution >= 0.6 is 0 Å². The summed E-state index contributed by atoms with van der Waals surface area (Å²) in [6.45, 7) is 7.13. The van der Waals surface area contributed by atoms with Crippen molar-refractivity contribution < 1.29 is 22.0 Å². The van der Waals surface area contributed by atoms with E-state index in [1.807, 2.05) is 32.0 Å². The number of nitrogens with one attached hydrogen (secondary N) is 1. The molecule has 0 unspecified atom stereocenters. The molecule has 1 N–H and O–H groups in total. The number of carbonyl (C=O) groups excluding carboxylic acids is 1. The van der Waals surface area contributed by atoms with Gasteiger partial charge in [0.15, 0.2) is 11.6 Å². The van der Waals surface area contributed by atoms with Crippen LogP contribution in [-0.4, -0.2) is 26.6 Å². The zero-order valence-electron chi connectivity index (χ0n) is 16.5. The molecule has 2 aromatic rings. The van der Waals surface area contributed by atoms with Gasteiger partial charge in [0.1, 0.15) is 6.04 Å². The third-order valence-electron chi connectivity index (χ3n) is 4.64. The van der Waals surface area contributed by atoms with Gasteiger partial charge in [-0.25, -0.2) is 17.2 Å². The van der Waals surface area contributed by atoms with Crippen LogP contribution in [-0.2, 0) is 14.8 Å². The zero-order valence-corrected chi connectivity index (χ0v) is 17.3. The molecule has 0 saturated carbocycles. The molecule has 5 nitrogen and oxygen atoms in total. The van der Waals surface area contributed by atoms with E-state index in [1.54, 1.807) is 6.92 Å². The topological polar surface area (TPSA) is 66.5 Å². The molecule has 28 heavy (non-hydrogen) atoms. The van der Waals surface area contributed by atoms with Crippen LogP contribution in [0.1, 0.15) is 36.6 Å². The second kappa shape index (κ2) is 8.26. The summed E-state index contributed by atoms with van der Waals surface area (Å²) in [6, 6.07) is 6.97. The highest BCUT2D eigenvalue weighted by molar-refractivity contribution is 7.92. The van der Waals surface area contributed by atoms with Gasteiger partial charge in [-0.3, -0.25) is 9.10 Å². The maximum absolute atomic E-state index is 13.6. The Morgan fingerprint density at radius 1 is 1.00 bits per heavy atom. The number of rotatable bonds is 6. The standard InChI is InChI=1S/C20H24F2N2O3S/c1-12-6-7-16(10-13(12)2)14(3)23-20(25)15(4)24(28(5,26)27)17-8-9-18(21)19(22)11-17/h6-11,14-15H,1-5H3,(H,23,25)/t14-,15+/m1/s1. The normalized spacial score (nSPS) is 13.7. The number of amides is 1. The molecule has 0 aliphatic heterocycles. The van der Waals surface area contributed by atoms with Crippen LogP contribution in [0.15, 0.2) is 36.4 Å². The zero-order chi connectivity index (χ0) is 21.2. The summed E-state index contributed by atoms with van der Waals surface area (Å²) in [5, 5.41) is 2.78. The molecule has 2 aromatic carbocycles. The van der Waals surface area contributed by atoms with Crippen molar-refractivity contribution >= 4 is 21.6 Å². The van der Waals surface area contributed by atoms with Crippen molar-refractivity contribution in [2.24, 2.45) is 0 Å². The van der Waals surface area contributed by atoms with E-state index in [0.29, 0.717) is 0 Å². The Balaban J connectivity index is 2.28. The van der Waals surface area contributed by atoms with E-state index < -0.39 is 33.6 Å². The van der Waals surface area contributed by atoms with Crippen LogP contribution in [0.5, 0.6) is 0 Å². The summed E-state index contributed by atoms with van der Waals surface area (Å²) in [5.74, 6) is -2.85. The molecular formula is C20H24F2N2O3S. The number of benzene rings is 2. The summed E-state index contributed by atoms with van der Waals surface area (Å²) in [6.07, 6.45) is 0.908. The van der Waals surface area contributed by atoms with Gasteiger partial charge in [-0.1, -0.05) is 18.2 Å². The lowest BCUT2D eigenvalue weighted by molar-refractivity contribution is -0.122. The van der Waals surface area contributed by atoms with Gasteiger partial charge in [-0.2, -0.15) is 0 Å². The number of hydrogen-bond donors (Lipinski definition) is 1. The van der Waals surface area contributed by atoms with Gasteiger partial charge in [0.25, 0.3) is 0 Å². The Morgan fingerprint density at radius 3 is 2.18 bits per heavy atom. The van der Waals surface area contributed by atoms with Crippen molar-refractivity contribution in [2.45, 2.75) is 39.8 Å². The quantitative estimate of drug-likeness (QED) is 0.791. The molecule has 0 heterocycles. The van der Waals surface area contributed by atoms with E-state index in [0.717, 1.165) is 45.5 Å². The van der Waals surface area contributed by atoms with Crippen LogP contribution in [0, 0.1) is 25.5 Å². The molecule has 8 heteroatoms. The van der Waals surface area contributed by atoms with Crippen molar-refractivity contribution in [3.05, 3.63) is 64.7 Å². The monoisotopic (exact) mass is 410 g/mol. The van der Waals surface area contributed by atoms with E-state index in [9.17, 15) is 22.0 Å². The lowest BCUT2D eigenvalue weighted by Gasteiger charge is -2.29. The molecule has 0 aliphatic rings. The molecule has 0 bridgehead atoms. The summed E-state index contributed by atoms with van der Waals surface area (Å²) in [7, 11) is -3.92. The number of anilines is 1. The first-order chi connectivity index (χ1) is 12.9. The molecule has 0 radical (unpaired) electrons. The van der Waals surface area contributed by atoms with Crippen LogP contribution in [0.4, 0.5) is 14.5 Å². The van der Waals surface area contributed by atoms with E-state index in [1.165, 1.54) is 6.92 Å². The van der Waals surface area contributed by atoms with Gasteiger partial charge in [-0.15, -0.1) is 0 Å². The number of halogens is 2. The number of hydrogen-bond acceptors (Lipinski definition) is 3. The molecule has 0 saturated heterocycles. The first kappa shape index (κ1) is 21.8. The van der Waals surface area contributed by atoms with Crippen LogP contribution < -0.4 is 9.62 Å². The SMILES string of the molecule is Cc1ccc([C@@H](C)NC(=O)[C@H](C)N(c2ccc(F)c(F)c2)S(C)(=O)=O)cc1C. The predicted octanol–water partition coefficient (Wildman–Crippen LogP) is 3.61. The highest BCUT2D eigenvalue weighted by Crippen LogP contribution is 2.24. The fourth-order valence-corrected chi connectivity index (χ4v) is 4.05. The van der Waals surface area contributed by atoms with Crippen LogP contribution in [0.25, 0.3) is 0 Å². The predicted molar refractivity (Wildman–Crippen MR) is 106 cm³/mol. The van der Waals surface area contributed by atoms with Gasteiger partial charge < -0.3 is 5.32 Å². The average Bonchev–Trinajstić information content (AvgIpc) is 2.59. The maximum Gasteiger partial charge on any atom is 0.244 e. The van der Waals surface area contributed by atoms with Crippen molar-refractivity contribution in [3.8, 4) is 0 Å². The summed E-state index contributed by atoms with van der Waals surface area (Å²) < 4.78 is 52.1. The Bertz CT molecular complexity index is 993. The van der Waals surface area contributed by atoms with Gasteiger partial charge in [0.2, 0.25) is 15.9 Å². The molecular weight excluding hydrogens is 386 g/mol. The Labute approximate surface area is 164 Å². The summed E-state index contributed by atoms with van der Waals surface area (Å²) in [5.41, 5.74) is 2.95. The number of carbonyl (C=O) groups is 1. The maximum atomic E-state index is 13.6. The molecule has 0 aliphatic carbocycles. The Morgan fingerprint density at radius 2 is 1.64 bits per heavy atom. The highest BCUT2D eigenvalue weighted by atomic mass is 32.2. The lowest BCUT2D eigenvalue weighted by atomic mass is 10.0. The first-order valence-corrected chi connectivity index (χ1v) is 10.6. The molecule has 2 atom stereocenters. The van der Waals surface area contributed by atoms with Gasteiger partial charge in [0, 0.05) is 6.07 Å². The minimum absolute atomic E-state index is 0.122. The number of aryl methyl sites for hydroxylation is 2. The van der Waals surface area contributed by atoms with E-state index in [2.05, 4.69) is 5.32 Å². The second-order valence-corrected chi connectivity index (χ2v) is 8.77. The van der Waals surface area contributed by atoms with E-state index >= 15 is 0 Å². The van der Waals surface area contributed by atoms with E-state index in [-0.39, 0.29) is 11.7 Å². The van der Waals surface area contributed by atoms with Crippen molar-refractivity contribution in [2.75, 3.05) is 10.6 Å². The fourth-order valence-electron chi connectivity index (χ4n) is 2.88. The van der Waals surface area contributed by atoms with E-state index in [4.69, 9.17) is 0 Å². The average molecular weight is 410 g/mol. The third-order valence-corrected chi connectivity index (χ3v) is 5.88. The van der Waals surface area contributed by atoms with Gasteiger partial charge in [0.05, 0.1) is 18.0 Å². The molecule has 1 amide bonds. The van der Waals surface area contributed by atoms with Crippen molar-refractivity contribution in [3.63, 3.8) is 0 Å². The van der Waals surface area contributed by atoms with Crippen molar-refractivity contribution in [1.29, 1.82) is 0 Å². The fraction of sp³-hybridized carbons (Fsp3) is 0.350.